The van der Waals surface area contributed by atoms with Crippen LogP contribution in [0.5, 0.6) is 11.5 Å². The molecule has 0 unspecified atom stereocenters. The van der Waals surface area contributed by atoms with Crippen LogP contribution in [-0.4, -0.2) is 26.7 Å². The molecule has 2 heterocycles. The Balaban J connectivity index is 1.51. The molecule has 37 heavy (non-hydrogen) atoms. The molecule has 0 aliphatic heterocycles. The number of rotatable bonds is 6. The van der Waals surface area contributed by atoms with Crippen molar-refractivity contribution in [1.29, 1.82) is 0 Å². The van der Waals surface area contributed by atoms with E-state index >= 15 is 0 Å². The Morgan fingerprint density at radius 1 is 0.946 bits per heavy atom. The van der Waals surface area contributed by atoms with Crippen LogP contribution >= 0.6 is 0 Å². The highest BCUT2D eigenvalue weighted by molar-refractivity contribution is 5.99. The first kappa shape index (κ1) is 25.3. The number of ether oxygens (including phenoxy) is 1. The standard InChI is InChI=1S/C26H24F2N6O3/c1-26(2,3)22-14-23(34(33-22)16-6-4-15(27)5-7-16)32-25(36)31-20-9-8-17(12-19(20)28)37-18-10-11-30-21(13-18)24(29)35/h4-14H,1-3H3,(H2,29,35)(H2,31,32,36). The third-order valence-corrected chi connectivity index (χ3v) is 5.20. The summed E-state index contributed by atoms with van der Waals surface area (Å²) in [7, 11) is 0. The van der Waals surface area contributed by atoms with Crippen LogP contribution in [0.25, 0.3) is 5.69 Å². The summed E-state index contributed by atoms with van der Waals surface area (Å²) in [6.45, 7) is 5.90. The number of amides is 3. The van der Waals surface area contributed by atoms with Crippen molar-refractivity contribution in [3.05, 3.63) is 89.9 Å². The van der Waals surface area contributed by atoms with Crippen LogP contribution in [0.15, 0.2) is 66.9 Å². The van der Waals surface area contributed by atoms with E-state index < -0.39 is 23.6 Å². The van der Waals surface area contributed by atoms with Crippen LogP contribution in [0.1, 0.15) is 37.0 Å². The maximum atomic E-state index is 14.7. The highest BCUT2D eigenvalue weighted by atomic mass is 19.1. The van der Waals surface area contributed by atoms with Gasteiger partial charge in [0.25, 0.3) is 5.91 Å². The quantitative estimate of drug-likeness (QED) is 0.324. The molecule has 0 atom stereocenters. The minimum absolute atomic E-state index is 0.00225. The number of halogens is 2. The van der Waals surface area contributed by atoms with Crippen LogP contribution < -0.4 is 21.1 Å². The molecule has 4 aromatic rings. The summed E-state index contributed by atoms with van der Waals surface area (Å²) < 4.78 is 35.2. The molecular weight excluding hydrogens is 482 g/mol. The van der Waals surface area contributed by atoms with Crippen LogP contribution in [0.3, 0.4) is 0 Å². The number of hydrogen-bond donors (Lipinski definition) is 3. The molecule has 2 aromatic heterocycles. The van der Waals surface area contributed by atoms with Gasteiger partial charge in [-0.1, -0.05) is 20.8 Å². The Hall–Kier alpha value is -4.80. The van der Waals surface area contributed by atoms with Crippen molar-refractivity contribution >= 4 is 23.4 Å². The highest BCUT2D eigenvalue weighted by Gasteiger charge is 2.22. The minimum Gasteiger partial charge on any atom is -0.457 e. The number of benzene rings is 2. The van der Waals surface area contributed by atoms with E-state index in [9.17, 15) is 18.4 Å². The Kier molecular flexibility index (Phi) is 6.87. The second kappa shape index (κ2) is 10.1. The summed E-state index contributed by atoms with van der Waals surface area (Å²) in [6.07, 6.45) is 1.34. The summed E-state index contributed by atoms with van der Waals surface area (Å²) in [5.41, 5.74) is 6.02. The summed E-state index contributed by atoms with van der Waals surface area (Å²) in [6, 6.07) is 13.3. The molecule has 0 saturated heterocycles. The predicted molar refractivity (Wildman–Crippen MR) is 134 cm³/mol. The number of nitrogens with two attached hydrogens (primary N) is 1. The van der Waals surface area contributed by atoms with Crippen molar-refractivity contribution in [3.8, 4) is 17.2 Å². The monoisotopic (exact) mass is 506 g/mol. The molecule has 0 aliphatic rings. The summed E-state index contributed by atoms with van der Waals surface area (Å²) in [4.78, 5) is 27.8. The third-order valence-electron chi connectivity index (χ3n) is 5.20. The molecular formula is C26H24F2N6O3. The lowest BCUT2D eigenvalue weighted by Crippen LogP contribution is -2.22. The minimum atomic E-state index is -0.751. The van der Waals surface area contributed by atoms with Gasteiger partial charge in [0, 0.05) is 29.8 Å². The number of pyridine rings is 1. The first-order chi connectivity index (χ1) is 17.5. The highest BCUT2D eigenvalue weighted by Crippen LogP contribution is 2.28. The Bertz CT molecular complexity index is 1460. The van der Waals surface area contributed by atoms with Gasteiger partial charge < -0.3 is 15.8 Å². The third kappa shape index (κ3) is 6.07. The largest absolute Gasteiger partial charge is 0.457 e. The van der Waals surface area contributed by atoms with Crippen LogP contribution in [-0.2, 0) is 5.41 Å². The zero-order valence-corrected chi connectivity index (χ0v) is 20.3. The van der Waals surface area contributed by atoms with Crippen molar-refractivity contribution < 1.29 is 23.1 Å². The molecule has 0 spiro atoms. The smallest absolute Gasteiger partial charge is 0.324 e. The Morgan fingerprint density at radius 3 is 2.30 bits per heavy atom. The lowest BCUT2D eigenvalue weighted by molar-refractivity contribution is 0.0995. The SMILES string of the molecule is CC(C)(C)c1cc(NC(=O)Nc2ccc(Oc3ccnc(C(N)=O)c3)cc2F)n(-c2ccc(F)cc2)n1. The van der Waals surface area contributed by atoms with Gasteiger partial charge >= 0.3 is 6.03 Å². The van der Waals surface area contributed by atoms with Crippen LogP contribution in [0.2, 0.25) is 0 Å². The molecule has 2 aromatic carbocycles. The van der Waals surface area contributed by atoms with Gasteiger partial charge in [-0.05, 0) is 42.5 Å². The average Bonchev–Trinajstić information content (AvgIpc) is 3.26. The van der Waals surface area contributed by atoms with E-state index in [-0.39, 0.29) is 28.3 Å². The fraction of sp³-hybridized carbons (Fsp3) is 0.154. The average molecular weight is 507 g/mol. The molecule has 11 heteroatoms. The van der Waals surface area contributed by atoms with Gasteiger partial charge in [0.1, 0.15) is 34.6 Å². The molecule has 0 radical (unpaired) electrons. The Morgan fingerprint density at radius 2 is 1.65 bits per heavy atom. The lowest BCUT2D eigenvalue weighted by atomic mass is 9.92. The van der Waals surface area contributed by atoms with Crippen molar-refractivity contribution in [2.24, 2.45) is 5.73 Å². The molecule has 190 valence electrons. The number of hydrogen-bond acceptors (Lipinski definition) is 5. The van der Waals surface area contributed by atoms with Gasteiger partial charge in [0.2, 0.25) is 0 Å². The maximum Gasteiger partial charge on any atom is 0.324 e. The molecule has 0 bridgehead atoms. The van der Waals surface area contributed by atoms with Gasteiger partial charge in [-0.15, -0.1) is 0 Å². The number of nitrogens with one attached hydrogen (secondary N) is 2. The van der Waals surface area contributed by atoms with Gasteiger partial charge in [0.15, 0.2) is 0 Å². The van der Waals surface area contributed by atoms with Gasteiger partial charge in [-0.3, -0.25) is 15.1 Å². The Labute approximate surface area is 211 Å². The molecule has 0 fully saturated rings. The van der Waals surface area contributed by atoms with Crippen molar-refractivity contribution in [2.45, 2.75) is 26.2 Å². The number of primary amides is 1. The molecule has 0 saturated carbocycles. The van der Waals surface area contributed by atoms with E-state index in [1.54, 1.807) is 6.07 Å². The van der Waals surface area contributed by atoms with Crippen molar-refractivity contribution in [1.82, 2.24) is 14.8 Å². The summed E-state index contributed by atoms with van der Waals surface area (Å²) >= 11 is 0. The van der Waals surface area contributed by atoms with Crippen molar-refractivity contribution in [3.63, 3.8) is 0 Å². The molecule has 0 aliphatic carbocycles. The second-order valence-corrected chi connectivity index (χ2v) is 9.12. The van der Waals surface area contributed by atoms with Gasteiger partial charge in [-0.2, -0.15) is 5.10 Å². The zero-order chi connectivity index (χ0) is 26.7. The second-order valence-electron chi connectivity index (χ2n) is 9.12. The van der Waals surface area contributed by atoms with E-state index in [1.807, 2.05) is 20.8 Å². The van der Waals surface area contributed by atoms with E-state index in [2.05, 4.69) is 20.7 Å². The fourth-order valence-electron chi connectivity index (χ4n) is 3.29. The van der Waals surface area contributed by atoms with Crippen LogP contribution in [0.4, 0.5) is 25.1 Å². The van der Waals surface area contributed by atoms with Gasteiger partial charge in [-0.25, -0.2) is 18.3 Å². The number of nitrogens with zero attached hydrogens (tertiary/aromatic N) is 3. The number of carbonyl (C=O) groups excluding carboxylic acids is 2. The molecule has 4 N–H and O–H groups in total. The normalized spacial score (nSPS) is 11.2. The number of carbonyl (C=O) groups is 2. The number of anilines is 2. The summed E-state index contributed by atoms with van der Waals surface area (Å²) in [5.74, 6) is -1.19. The van der Waals surface area contributed by atoms with E-state index in [0.717, 1.165) is 6.07 Å². The summed E-state index contributed by atoms with van der Waals surface area (Å²) in [5, 5.41) is 9.68. The lowest BCUT2D eigenvalue weighted by Gasteiger charge is -2.14. The van der Waals surface area contributed by atoms with Gasteiger partial charge in [0.05, 0.1) is 17.1 Å². The van der Waals surface area contributed by atoms with Crippen molar-refractivity contribution in [2.75, 3.05) is 10.6 Å². The molecule has 9 nitrogen and oxygen atoms in total. The molecule has 4 rings (SSSR count). The van der Waals surface area contributed by atoms with Crippen LogP contribution in [0, 0.1) is 11.6 Å². The van der Waals surface area contributed by atoms with E-state index in [0.29, 0.717) is 17.2 Å². The van der Waals surface area contributed by atoms with E-state index in [1.165, 1.54) is 59.4 Å². The number of urea groups is 1. The topological polar surface area (TPSA) is 124 Å². The first-order valence-electron chi connectivity index (χ1n) is 11.2. The van der Waals surface area contributed by atoms with E-state index in [4.69, 9.17) is 10.5 Å². The zero-order valence-electron chi connectivity index (χ0n) is 20.3. The number of aromatic nitrogens is 3. The maximum absolute atomic E-state index is 14.7. The predicted octanol–water partition coefficient (Wildman–Crippen LogP) is 5.38. The molecule has 3 amide bonds. The fourth-order valence-corrected chi connectivity index (χ4v) is 3.29. The first-order valence-corrected chi connectivity index (χ1v) is 11.2.